The summed E-state index contributed by atoms with van der Waals surface area (Å²) in [6, 6.07) is 1.96. The fourth-order valence-electron chi connectivity index (χ4n) is 2.86. The molecule has 1 aliphatic carbocycles. The van der Waals surface area contributed by atoms with Crippen molar-refractivity contribution in [3.8, 4) is 0 Å². The van der Waals surface area contributed by atoms with Crippen LogP contribution in [0, 0.1) is 12.3 Å². The Kier molecular flexibility index (Phi) is 3.78. The highest BCUT2D eigenvalue weighted by atomic mass is 16.1. The molecule has 1 atom stereocenters. The molecule has 3 N–H and O–H groups in total. The number of hydrogen-bond acceptors (Lipinski definition) is 3. The maximum Gasteiger partial charge on any atom is 0.253 e. The summed E-state index contributed by atoms with van der Waals surface area (Å²) in [7, 11) is 0. The number of nitrogens with one attached hydrogen (secondary N) is 1. The third-order valence-corrected chi connectivity index (χ3v) is 3.89. The summed E-state index contributed by atoms with van der Waals surface area (Å²) >= 11 is 0. The summed E-state index contributed by atoms with van der Waals surface area (Å²) < 4.78 is 0. The maximum absolute atomic E-state index is 12.3. The van der Waals surface area contributed by atoms with Crippen LogP contribution in [0.4, 0.5) is 5.69 Å². The summed E-state index contributed by atoms with van der Waals surface area (Å²) in [6.07, 6.45) is 6.08. The van der Waals surface area contributed by atoms with Gasteiger partial charge in [0.1, 0.15) is 0 Å². The lowest BCUT2D eigenvalue weighted by atomic mass is 9.75. The lowest BCUT2D eigenvalue weighted by Crippen LogP contribution is -2.41. The average molecular weight is 261 g/mol. The number of pyridine rings is 1. The molecule has 4 nitrogen and oxygen atoms in total. The second-order valence-corrected chi connectivity index (χ2v) is 6.33. The SMILES string of the molecule is Cc1ncc(N)cc1C(=O)NC1CCCC(C)(C)C1. The molecule has 0 aliphatic heterocycles. The van der Waals surface area contributed by atoms with Crippen LogP contribution in [0.3, 0.4) is 0 Å². The van der Waals surface area contributed by atoms with Gasteiger partial charge < -0.3 is 11.1 Å². The minimum Gasteiger partial charge on any atom is -0.397 e. The van der Waals surface area contributed by atoms with E-state index in [0.717, 1.165) is 18.5 Å². The summed E-state index contributed by atoms with van der Waals surface area (Å²) in [6.45, 7) is 6.36. The average Bonchev–Trinajstić information content (AvgIpc) is 2.31. The summed E-state index contributed by atoms with van der Waals surface area (Å²) in [5.41, 5.74) is 7.86. The van der Waals surface area contributed by atoms with Crippen LogP contribution < -0.4 is 11.1 Å². The second kappa shape index (κ2) is 5.19. The van der Waals surface area contributed by atoms with Crippen molar-refractivity contribution in [1.29, 1.82) is 0 Å². The van der Waals surface area contributed by atoms with Gasteiger partial charge in [0.2, 0.25) is 0 Å². The highest BCUT2D eigenvalue weighted by molar-refractivity contribution is 5.96. The number of rotatable bonds is 2. The Hall–Kier alpha value is -1.58. The van der Waals surface area contributed by atoms with Gasteiger partial charge in [0, 0.05) is 6.04 Å². The molecule has 1 fully saturated rings. The molecule has 0 saturated heterocycles. The second-order valence-electron chi connectivity index (χ2n) is 6.33. The van der Waals surface area contributed by atoms with Gasteiger partial charge in [-0.2, -0.15) is 0 Å². The minimum absolute atomic E-state index is 0.0556. The fourth-order valence-corrected chi connectivity index (χ4v) is 2.86. The zero-order valence-corrected chi connectivity index (χ0v) is 12.0. The van der Waals surface area contributed by atoms with Crippen molar-refractivity contribution in [2.45, 2.75) is 52.5 Å². The molecule has 1 amide bonds. The van der Waals surface area contributed by atoms with Gasteiger partial charge in [0.25, 0.3) is 5.91 Å². The zero-order valence-electron chi connectivity index (χ0n) is 12.0. The molecule has 0 bridgehead atoms. The summed E-state index contributed by atoms with van der Waals surface area (Å²) in [4.78, 5) is 16.4. The van der Waals surface area contributed by atoms with E-state index in [1.54, 1.807) is 12.3 Å². The van der Waals surface area contributed by atoms with Crippen molar-refractivity contribution < 1.29 is 4.79 Å². The van der Waals surface area contributed by atoms with Gasteiger partial charge >= 0.3 is 0 Å². The first-order chi connectivity index (χ1) is 8.87. The topological polar surface area (TPSA) is 68.0 Å². The molecule has 19 heavy (non-hydrogen) atoms. The first kappa shape index (κ1) is 13.8. The van der Waals surface area contributed by atoms with E-state index in [0.29, 0.717) is 16.7 Å². The Bertz CT molecular complexity index is 482. The van der Waals surface area contributed by atoms with E-state index in [4.69, 9.17) is 5.73 Å². The van der Waals surface area contributed by atoms with Crippen molar-refractivity contribution in [2.75, 3.05) is 5.73 Å². The number of amides is 1. The fraction of sp³-hybridized carbons (Fsp3) is 0.600. The normalized spacial score (nSPS) is 21.9. The maximum atomic E-state index is 12.3. The lowest BCUT2D eigenvalue weighted by molar-refractivity contribution is 0.0901. The number of nitrogens with zero attached hydrogens (tertiary/aromatic N) is 1. The summed E-state index contributed by atoms with van der Waals surface area (Å²) in [5.74, 6) is -0.0556. The number of nitrogen functional groups attached to an aromatic ring is 1. The Morgan fingerprint density at radius 3 is 2.95 bits per heavy atom. The van der Waals surface area contributed by atoms with Crippen LogP contribution in [0.1, 0.15) is 55.6 Å². The number of aromatic nitrogens is 1. The van der Waals surface area contributed by atoms with Gasteiger partial charge in [-0.05, 0) is 37.7 Å². The summed E-state index contributed by atoms with van der Waals surface area (Å²) in [5, 5.41) is 3.12. The van der Waals surface area contributed by atoms with Crippen LogP contribution in [-0.4, -0.2) is 16.9 Å². The standard InChI is InChI=1S/C15H23N3O/c1-10-13(7-11(16)9-17-10)14(19)18-12-5-4-6-15(2,3)8-12/h7,9,12H,4-6,8,16H2,1-3H3,(H,18,19). The van der Waals surface area contributed by atoms with Crippen LogP contribution in [0.25, 0.3) is 0 Å². The van der Waals surface area contributed by atoms with Crippen LogP contribution in [0.5, 0.6) is 0 Å². The molecule has 0 aromatic carbocycles. The Labute approximate surface area is 114 Å². The predicted molar refractivity (Wildman–Crippen MR) is 76.9 cm³/mol. The largest absolute Gasteiger partial charge is 0.397 e. The molecule has 1 aromatic heterocycles. The van der Waals surface area contributed by atoms with Gasteiger partial charge in [0.05, 0.1) is 23.1 Å². The molecule has 2 rings (SSSR count). The van der Waals surface area contributed by atoms with E-state index in [9.17, 15) is 4.79 Å². The number of nitrogens with two attached hydrogens (primary N) is 1. The minimum atomic E-state index is -0.0556. The quantitative estimate of drug-likeness (QED) is 0.860. The van der Waals surface area contributed by atoms with Crippen LogP contribution in [0.2, 0.25) is 0 Å². The number of aryl methyl sites for hydroxylation is 1. The van der Waals surface area contributed by atoms with Crippen LogP contribution in [-0.2, 0) is 0 Å². The lowest BCUT2D eigenvalue weighted by Gasteiger charge is -2.35. The van der Waals surface area contributed by atoms with E-state index in [1.807, 2.05) is 6.92 Å². The van der Waals surface area contributed by atoms with Gasteiger partial charge in [-0.15, -0.1) is 0 Å². The zero-order chi connectivity index (χ0) is 14.0. The highest BCUT2D eigenvalue weighted by Crippen LogP contribution is 2.35. The van der Waals surface area contributed by atoms with Crippen LogP contribution in [0.15, 0.2) is 12.3 Å². The molecule has 4 heteroatoms. The van der Waals surface area contributed by atoms with Gasteiger partial charge in [-0.3, -0.25) is 9.78 Å². The van der Waals surface area contributed by atoms with E-state index in [-0.39, 0.29) is 11.9 Å². The predicted octanol–water partition coefficient (Wildman–Crippen LogP) is 2.67. The monoisotopic (exact) mass is 261 g/mol. The molecular weight excluding hydrogens is 238 g/mol. The van der Waals surface area contributed by atoms with Crippen molar-refractivity contribution in [1.82, 2.24) is 10.3 Å². The molecule has 1 saturated carbocycles. The smallest absolute Gasteiger partial charge is 0.253 e. The first-order valence-electron chi connectivity index (χ1n) is 6.90. The molecular formula is C15H23N3O. The number of carbonyl (C=O) groups is 1. The van der Waals surface area contributed by atoms with Crippen molar-refractivity contribution in [3.05, 3.63) is 23.5 Å². The van der Waals surface area contributed by atoms with Crippen molar-refractivity contribution in [2.24, 2.45) is 5.41 Å². The number of carbonyl (C=O) groups excluding carboxylic acids is 1. The molecule has 1 aliphatic rings. The van der Waals surface area contributed by atoms with E-state index >= 15 is 0 Å². The highest BCUT2D eigenvalue weighted by Gasteiger charge is 2.29. The third-order valence-electron chi connectivity index (χ3n) is 3.89. The molecule has 0 spiro atoms. The van der Waals surface area contributed by atoms with Gasteiger partial charge in [0.15, 0.2) is 0 Å². The van der Waals surface area contributed by atoms with E-state index in [1.165, 1.54) is 12.8 Å². The Morgan fingerprint density at radius 2 is 2.26 bits per heavy atom. The van der Waals surface area contributed by atoms with Crippen molar-refractivity contribution >= 4 is 11.6 Å². The Morgan fingerprint density at radius 1 is 1.53 bits per heavy atom. The van der Waals surface area contributed by atoms with Crippen LogP contribution >= 0.6 is 0 Å². The van der Waals surface area contributed by atoms with Gasteiger partial charge in [-0.25, -0.2) is 0 Å². The van der Waals surface area contributed by atoms with E-state index < -0.39 is 0 Å². The molecule has 104 valence electrons. The third kappa shape index (κ3) is 3.46. The molecule has 1 aromatic rings. The first-order valence-corrected chi connectivity index (χ1v) is 6.90. The Balaban J connectivity index is 2.06. The van der Waals surface area contributed by atoms with Crippen molar-refractivity contribution in [3.63, 3.8) is 0 Å². The van der Waals surface area contributed by atoms with Gasteiger partial charge in [-0.1, -0.05) is 20.3 Å². The molecule has 1 unspecified atom stereocenters. The van der Waals surface area contributed by atoms with E-state index in [2.05, 4.69) is 24.1 Å². The number of anilines is 1. The number of hydrogen-bond donors (Lipinski definition) is 2. The molecule has 1 heterocycles. The molecule has 0 radical (unpaired) electrons.